The molecule has 0 bridgehead atoms. The molecule has 1 fully saturated rings. The maximum Gasteiger partial charge on any atom is 0.183 e. The van der Waals surface area contributed by atoms with E-state index in [1.807, 2.05) is 6.07 Å². The van der Waals surface area contributed by atoms with E-state index >= 15 is 0 Å². The summed E-state index contributed by atoms with van der Waals surface area (Å²) in [4.78, 5) is 0. The summed E-state index contributed by atoms with van der Waals surface area (Å²) < 4.78 is 7.38. The average molecular weight is 379 g/mol. The average Bonchev–Trinajstić information content (AvgIpc) is 2.66. The van der Waals surface area contributed by atoms with Crippen molar-refractivity contribution in [1.29, 1.82) is 0 Å². The van der Waals surface area contributed by atoms with Gasteiger partial charge in [0.05, 0.1) is 11.0 Å². The molecule has 102 valence electrons. The first-order valence-electron chi connectivity index (χ1n) is 6.75. The molecule has 0 aromatic carbocycles. The van der Waals surface area contributed by atoms with E-state index in [0.717, 1.165) is 33.3 Å². The van der Waals surface area contributed by atoms with Crippen LogP contribution in [0.25, 0.3) is 0 Å². The van der Waals surface area contributed by atoms with Gasteiger partial charge >= 0.3 is 0 Å². The Bertz CT molecular complexity index is 370. The molecule has 1 aliphatic rings. The lowest BCUT2D eigenvalue weighted by molar-refractivity contribution is 0.201. The monoisotopic (exact) mass is 377 g/mol. The minimum atomic E-state index is 0.640. The summed E-state index contributed by atoms with van der Waals surface area (Å²) in [7, 11) is 0. The fraction of sp³-hybridized carbons (Fsp3) is 0.714. The summed E-state index contributed by atoms with van der Waals surface area (Å²) in [5.74, 6) is 2.56. The van der Waals surface area contributed by atoms with Crippen LogP contribution in [0, 0.1) is 11.8 Å². The van der Waals surface area contributed by atoms with E-state index in [1.165, 1.54) is 25.7 Å². The van der Waals surface area contributed by atoms with E-state index in [4.69, 9.17) is 4.42 Å². The van der Waals surface area contributed by atoms with Gasteiger partial charge in [-0.15, -0.1) is 0 Å². The minimum Gasteiger partial charge on any atom is -0.452 e. The van der Waals surface area contributed by atoms with Crippen molar-refractivity contribution in [2.75, 3.05) is 0 Å². The lowest BCUT2D eigenvalue weighted by Crippen LogP contribution is -2.40. The van der Waals surface area contributed by atoms with Gasteiger partial charge in [0.2, 0.25) is 0 Å². The predicted molar refractivity (Wildman–Crippen MR) is 81.5 cm³/mol. The van der Waals surface area contributed by atoms with Gasteiger partial charge in [0.15, 0.2) is 4.67 Å². The molecule has 1 aromatic heterocycles. The van der Waals surface area contributed by atoms with Crippen LogP contribution < -0.4 is 5.32 Å². The second kappa shape index (κ2) is 6.58. The van der Waals surface area contributed by atoms with Crippen LogP contribution in [-0.2, 0) is 6.54 Å². The van der Waals surface area contributed by atoms with Crippen molar-refractivity contribution >= 4 is 31.9 Å². The van der Waals surface area contributed by atoms with E-state index < -0.39 is 0 Å². The van der Waals surface area contributed by atoms with Gasteiger partial charge in [-0.25, -0.2) is 0 Å². The standard InChI is InChI=1S/C14H21Br2NO/c1-9(2)11-5-3-4-6-13(11)17-8-10-7-12(15)14(16)18-10/h7,9,11,13,17H,3-6,8H2,1-2H3. The van der Waals surface area contributed by atoms with Crippen molar-refractivity contribution < 1.29 is 4.42 Å². The van der Waals surface area contributed by atoms with Gasteiger partial charge in [0, 0.05) is 6.04 Å². The SMILES string of the molecule is CC(C)C1CCCCC1NCc1cc(Br)c(Br)o1. The summed E-state index contributed by atoms with van der Waals surface area (Å²) in [5, 5.41) is 3.67. The molecule has 1 N–H and O–H groups in total. The number of nitrogens with one attached hydrogen (secondary N) is 1. The highest BCUT2D eigenvalue weighted by atomic mass is 79.9. The quantitative estimate of drug-likeness (QED) is 0.787. The van der Waals surface area contributed by atoms with Gasteiger partial charge in [0.1, 0.15) is 5.76 Å². The lowest BCUT2D eigenvalue weighted by Gasteiger charge is -2.34. The molecule has 0 radical (unpaired) electrons. The summed E-state index contributed by atoms with van der Waals surface area (Å²) in [5.41, 5.74) is 0. The van der Waals surface area contributed by atoms with Crippen LogP contribution in [0.15, 0.2) is 19.6 Å². The van der Waals surface area contributed by atoms with Crippen LogP contribution in [0.3, 0.4) is 0 Å². The number of hydrogen-bond donors (Lipinski definition) is 1. The van der Waals surface area contributed by atoms with E-state index in [0.29, 0.717) is 6.04 Å². The molecular weight excluding hydrogens is 358 g/mol. The maximum atomic E-state index is 5.61. The number of hydrogen-bond acceptors (Lipinski definition) is 2. The summed E-state index contributed by atoms with van der Waals surface area (Å²) in [6.07, 6.45) is 5.40. The van der Waals surface area contributed by atoms with Gasteiger partial charge in [-0.1, -0.05) is 26.7 Å². The molecule has 1 aromatic rings. The van der Waals surface area contributed by atoms with Crippen molar-refractivity contribution in [2.45, 2.75) is 52.1 Å². The first-order valence-corrected chi connectivity index (χ1v) is 8.33. The summed E-state index contributed by atoms with van der Waals surface area (Å²) in [6.45, 7) is 5.49. The summed E-state index contributed by atoms with van der Waals surface area (Å²) >= 11 is 6.82. The minimum absolute atomic E-state index is 0.640. The highest BCUT2D eigenvalue weighted by Crippen LogP contribution is 2.31. The first kappa shape index (κ1) is 14.6. The van der Waals surface area contributed by atoms with E-state index in [-0.39, 0.29) is 0 Å². The molecule has 0 spiro atoms. The number of halogens is 2. The lowest BCUT2D eigenvalue weighted by atomic mass is 9.78. The summed E-state index contributed by atoms with van der Waals surface area (Å²) in [6, 6.07) is 2.67. The van der Waals surface area contributed by atoms with Gasteiger partial charge in [-0.05, 0) is 62.6 Å². The first-order chi connectivity index (χ1) is 8.58. The topological polar surface area (TPSA) is 25.2 Å². The van der Waals surface area contributed by atoms with Crippen molar-refractivity contribution in [3.05, 3.63) is 21.0 Å². The molecule has 0 amide bonds. The van der Waals surface area contributed by atoms with Gasteiger partial charge in [-0.3, -0.25) is 0 Å². The molecule has 4 heteroatoms. The van der Waals surface area contributed by atoms with Crippen molar-refractivity contribution in [1.82, 2.24) is 5.32 Å². The fourth-order valence-corrected chi connectivity index (χ4v) is 3.58. The molecule has 2 atom stereocenters. The van der Waals surface area contributed by atoms with Crippen molar-refractivity contribution in [3.63, 3.8) is 0 Å². The molecule has 1 aliphatic carbocycles. The molecule has 0 aliphatic heterocycles. The van der Waals surface area contributed by atoms with Gasteiger partial charge in [0.25, 0.3) is 0 Å². The largest absolute Gasteiger partial charge is 0.452 e. The Kier molecular flexibility index (Phi) is 5.34. The van der Waals surface area contributed by atoms with Crippen molar-refractivity contribution in [3.8, 4) is 0 Å². The normalized spacial score (nSPS) is 24.7. The molecule has 0 saturated heterocycles. The molecule has 2 nitrogen and oxygen atoms in total. The van der Waals surface area contributed by atoms with Crippen LogP contribution in [0.5, 0.6) is 0 Å². The Morgan fingerprint density at radius 3 is 2.67 bits per heavy atom. The van der Waals surface area contributed by atoms with Gasteiger partial charge in [-0.2, -0.15) is 0 Å². The highest BCUT2D eigenvalue weighted by molar-refractivity contribution is 9.13. The number of furan rings is 1. The number of rotatable bonds is 4. The van der Waals surface area contributed by atoms with Crippen LogP contribution in [-0.4, -0.2) is 6.04 Å². The van der Waals surface area contributed by atoms with Crippen LogP contribution in [0.2, 0.25) is 0 Å². The molecule has 1 heterocycles. The zero-order valence-electron chi connectivity index (χ0n) is 11.0. The van der Waals surface area contributed by atoms with Crippen LogP contribution in [0.1, 0.15) is 45.3 Å². The Balaban J connectivity index is 1.91. The molecular formula is C14H21Br2NO. The van der Waals surface area contributed by atoms with E-state index in [2.05, 4.69) is 51.0 Å². The van der Waals surface area contributed by atoms with E-state index in [1.54, 1.807) is 0 Å². The molecule has 2 unspecified atom stereocenters. The maximum absolute atomic E-state index is 5.61. The van der Waals surface area contributed by atoms with Gasteiger partial charge < -0.3 is 9.73 Å². The smallest absolute Gasteiger partial charge is 0.183 e. The molecule has 18 heavy (non-hydrogen) atoms. The zero-order chi connectivity index (χ0) is 13.1. The molecule has 1 saturated carbocycles. The van der Waals surface area contributed by atoms with Crippen molar-refractivity contribution in [2.24, 2.45) is 11.8 Å². The second-order valence-corrected chi connectivity index (χ2v) is 7.09. The second-order valence-electron chi connectivity index (χ2n) is 5.51. The predicted octanol–water partition coefficient (Wildman–Crippen LogP) is 5.11. The third-order valence-corrected chi connectivity index (χ3v) is 5.62. The molecule has 2 rings (SSSR count). The third kappa shape index (κ3) is 3.61. The van der Waals surface area contributed by atoms with Crippen LogP contribution >= 0.6 is 31.9 Å². The Labute approximate surface area is 126 Å². The Hall–Kier alpha value is 0.200. The Morgan fingerprint density at radius 1 is 1.33 bits per heavy atom. The third-order valence-electron chi connectivity index (χ3n) is 3.91. The fourth-order valence-electron chi connectivity index (χ4n) is 2.92. The Morgan fingerprint density at radius 2 is 2.06 bits per heavy atom. The van der Waals surface area contributed by atoms with Crippen LogP contribution in [0.4, 0.5) is 0 Å². The highest BCUT2D eigenvalue weighted by Gasteiger charge is 2.27. The van der Waals surface area contributed by atoms with E-state index in [9.17, 15) is 0 Å². The zero-order valence-corrected chi connectivity index (χ0v) is 14.2.